The fraction of sp³-hybridized carbons (Fsp3) is 0.600. The number of halogens is 3. The minimum absolute atomic E-state index is 0.233. The summed E-state index contributed by atoms with van der Waals surface area (Å²) in [5.41, 5.74) is 0.233. The van der Waals surface area contributed by atoms with Crippen molar-refractivity contribution in [3.63, 3.8) is 0 Å². The minimum atomic E-state index is -1.92. The van der Waals surface area contributed by atoms with Crippen LogP contribution >= 0.6 is 0 Å². The molecule has 126 valence electrons. The molecule has 0 aromatic heterocycles. The summed E-state index contributed by atoms with van der Waals surface area (Å²) in [5, 5.41) is 0. The summed E-state index contributed by atoms with van der Waals surface area (Å²) in [6.07, 6.45) is 4.97. The van der Waals surface area contributed by atoms with Crippen molar-refractivity contribution in [2.75, 3.05) is 20.8 Å². The second-order valence-electron chi connectivity index (χ2n) is 5.01. The molecule has 0 amide bonds. The monoisotopic (exact) mass is 336 g/mol. The van der Waals surface area contributed by atoms with Crippen molar-refractivity contribution in [2.24, 2.45) is 0 Å². The molecule has 1 aromatic rings. The van der Waals surface area contributed by atoms with Gasteiger partial charge in [0, 0.05) is 26.9 Å². The van der Waals surface area contributed by atoms with Crippen LogP contribution in [0.25, 0.3) is 0 Å². The zero-order chi connectivity index (χ0) is 16.4. The fourth-order valence-electron chi connectivity index (χ4n) is 2.12. The Bertz CT molecular complexity index is 442. The van der Waals surface area contributed by atoms with Gasteiger partial charge in [0.2, 0.25) is 0 Å². The van der Waals surface area contributed by atoms with Gasteiger partial charge in [-0.25, -0.2) is 13.2 Å². The molecule has 0 saturated carbocycles. The molecule has 3 nitrogen and oxygen atoms in total. The third kappa shape index (κ3) is 6.91. The summed E-state index contributed by atoms with van der Waals surface area (Å²) in [5.74, 6) is -2.82. The van der Waals surface area contributed by atoms with Gasteiger partial charge in [-0.2, -0.15) is 0 Å². The second-order valence-corrected chi connectivity index (χ2v) is 6.86. The van der Waals surface area contributed by atoms with Gasteiger partial charge in [0.25, 0.3) is 0 Å². The molecule has 0 fully saturated rings. The van der Waals surface area contributed by atoms with Gasteiger partial charge in [0.15, 0.2) is 11.6 Å². The number of benzene rings is 1. The summed E-state index contributed by atoms with van der Waals surface area (Å²) in [4.78, 5) is 0. The molecule has 0 aliphatic rings. The summed E-state index contributed by atoms with van der Waals surface area (Å²) in [6.45, 7) is 0.608. The predicted molar refractivity (Wildman–Crippen MR) is 80.2 cm³/mol. The molecule has 0 spiro atoms. The van der Waals surface area contributed by atoms with E-state index in [0.717, 1.165) is 38.2 Å². The average Bonchev–Trinajstić information content (AvgIpc) is 2.50. The lowest BCUT2D eigenvalue weighted by Crippen LogP contribution is -2.24. The van der Waals surface area contributed by atoms with Gasteiger partial charge in [-0.1, -0.05) is 19.3 Å². The second kappa shape index (κ2) is 10.8. The molecule has 1 aromatic carbocycles. The number of hydrogen-bond acceptors (Lipinski definition) is 3. The number of aryl methyl sites for hydroxylation is 1. The number of unbranched alkanes of at least 4 members (excludes halogenated alkanes) is 4. The van der Waals surface area contributed by atoms with Crippen molar-refractivity contribution in [3.05, 3.63) is 35.1 Å². The molecule has 0 aliphatic heterocycles. The van der Waals surface area contributed by atoms with Gasteiger partial charge in [-0.15, -0.1) is 0 Å². The van der Waals surface area contributed by atoms with Gasteiger partial charge in [0.05, 0.1) is 0 Å². The smallest absolute Gasteiger partial charge is 0.379 e. The molecule has 0 bridgehead atoms. The molecular formula is C15H23F3O3Si. The predicted octanol–water partition coefficient (Wildman–Crippen LogP) is 3.62. The maximum Gasteiger partial charge on any atom is 0.483 e. The van der Waals surface area contributed by atoms with Crippen molar-refractivity contribution < 1.29 is 26.4 Å². The standard InChI is InChI=1S/C15H23F3O3Si/c1-19-22(20-2)21-9-7-5-3-4-6-8-12-10-14(17)15(18)11-13(12)16/h10-11,22H,3-9H2,1-2H3. The van der Waals surface area contributed by atoms with E-state index in [4.69, 9.17) is 13.3 Å². The van der Waals surface area contributed by atoms with Gasteiger partial charge in [-0.05, 0) is 30.9 Å². The Balaban J connectivity index is 2.10. The van der Waals surface area contributed by atoms with Crippen LogP contribution < -0.4 is 0 Å². The van der Waals surface area contributed by atoms with E-state index in [0.29, 0.717) is 19.1 Å². The number of rotatable bonds is 11. The van der Waals surface area contributed by atoms with Crippen LogP contribution in [0.15, 0.2) is 12.1 Å². The van der Waals surface area contributed by atoms with E-state index in [1.54, 1.807) is 14.2 Å². The third-order valence-corrected chi connectivity index (χ3v) is 4.60. The van der Waals surface area contributed by atoms with Crippen molar-refractivity contribution in [3.8, 4) is 0 Å². The highest BCUT2D eigenvalue weighted by Crippen LogP contribution is 2.16. The third-order valence-electron chi connectivity index (χ3n) is 3.32. The van der Waals surface area contributed by atoms with Crippen molar-refractivity contribution >= 4 is 9.53 Å². The molecule has 0 N–H and O–H groups in total. The largest absolute Gasteiger partial charge is 0.483 e. The van der Waals surface area contributed by atoms with E-state index in [2.05, 4.69) is 0 Å². The topological polar surface area (TPSA) is 27.7 Å². The molecular weight excluding hydrogens is 313 g/mol. The lowest BCUT2D eigenvalue weighted by Gasteiger charge is -2.11. The highest BCUT2D eigenvalue weighted by atomic mass is 28.3. The zero-order valence-corrected chi connectivity index (χ0v) is 14.2. The first kappa shape index (κ1) is 19.2. The van der Waals surface area contributed by atoms with Crippen LogP contribution in [0, 0.1) is 17.5 Å². The van der Waals surface area contributed by atoms with Crippen LogP contribution in [-0.2, 0) is 19.7 Å². The van der Waals surface area contributed by atoms with Crippen LogP contribution in [-0.4, -0.2) is 30.4 Å². The Morgan fingerprint density at radius 3 is 2.09 bits per heavy atom. The van der Waals surface area contributed by atoms with Gasteiger partial charge in [-0.3, -0.25) is 0 Å². The Kier molecular flexibility index (Phi) is 9.38. The normalized spacial score (nSPS) is 11.4. The highest BCUT2D eigenvalue weighted by molar-refractivity contribution is 6.36. The minimum Gasteiger partial charge on any atom is -0.379 e. The van der Waals surface area contributed by atoms with E-state index < -0.39 is 27.0 Å². The SMILES string of the molecule is CO[SiH](OC)OCCCCCCCc1cc(F)c(F)cc1F. The highest BCUT2D eigenvalue weighted by Gasteiger charge is 2.10. The van der Waals surface area contributed by atoms with E-state index in [1.165, 1.54) is 0 Å². The van der Waals surface area contributed by atoms with Gasteiger partial charge >= 0.3 is 9.53 Å². The Hall–Kier alpha value is -0.893. The summed E-state index contributed by atoms with van der Waals surface area (Å²) >= 11 is 0. The summed E-state index contributed by atoms with van der Waals surface area (Å²) in [7, 11) is 1.21. The fourth-order valence-corrected chi connectivity index (χ4v) is 2.94. The van der Waals surface area contributed by atoms with Crippen LogP contribution in [0.3, 0.4) is 0 Å². The van der Waals surface area contributed by atoms with E-state index in [-0.39, 0.29) is 5.56 Å². The van der Waals surface area contributed by atoms with E-state index >= 15 is 0 Å². The Labute approximate surface area is 131 Å². The first-order chi connectivity index (χ1) is 10.6. The van der Waals surface area contributed by atoms with Crippen molar-refractivity contribution in [2.45, 2.75) is 38.5 Å². The first-order valence-electron chi connectivity index (χ1n) is 7.39. The number of hydrogen-bond donors (Lipinski definition) is 0. The lowest BCUT2D eigenvalue weighted by atomic mass is 10.0. The van der Waals surface area contributed by atoms with Crippen LogP contribution in [0.1, 0.15) is 37.7 Å². The summed E-state index contributed by atoms with van der Waals surface area (Å²) in [6, 6.07) is 1.55. The molecule has 0 radical (unpaired) electrons. The van der Waals surface area contributed by atoms with E-state index in [1.807, 2.05) is 0 Å². The van der Waals surface area contributed by atoms with Gasteiger partial charge < -0.3 is 13.3 Å². The molecule has 0 heterocycles. The molecule has 0 unspecified atom stereocenters. The zero-order valence-electron chi connectivity index (χ0n) is 13.0. The molecule has 7 heteroatoms. The van der Waals surface area contributed by atoms with Gasteiger partial charge in [0.1, 0.15) is 5.82 Å². The van der Waals surface area contributed by atoms with Crippen LogP contribution in [0.2, 0.25) is 0 Å². The quantitative estimate of drug-likeness (QED) is 0.351. The van der Waals surface area contributed by atoms with Crippen molar-refractivity contribution in [1.82, 2.24) is 0 Å². The Morgan fingerprint density at radius 1 is 0.818 bits per heavy atom. The maximum atomic E-state index is 13.4. The molecule has 0 aliphatic carbocycles. The Morgan fingerprint density at radius 2 is 1.41 bits per heavy atom. The summed E-state index contributed by atoms with van der Waals surface area (Å²) < 4.78 is 54.7. The molecule has 22 heavy (non-hydrogen) atoms. The lowest BCUT2D eigenvalue weighted by molar-refractivity contribution is 0.133. The average molecular weight is 336 g/mol. The van der Waals surface area contributed by atoms with E-state index in [9.17, 15) is 13.2 Å². The first-order valence-corrected chi connectivity index (χ1v) is 8.80. The molecule has 0 saturated heterocycles. The van der Waals surface area contributed by atoms with Crippen LogP contribution in [0.5, 0.6) is 0 Å². The van der Waals surface area contributed by atoms with Crippen molar-refractivity contribution in [1.29, 1.82) is 0 Å². The maximum absolute atomic E-state index is 13.4. The molecule has 0 atom stereocenters. The van der Waals surface area contributed by atoms with Crippen LogP contribution in [0.4, 0.5) is 13.2 Å². The molecule has 1 rings (SSSR count).